The smallest absolute Gasteiger partial charge is 0.131 e. The summed E-state index contributed by atoms with van der Waals surface area (Å²) >= 11 is 6.24. The molecule has 0 aromatic heterocycles. The fourth-order valence-corrected chi connectivity index (χ4v) is 2.53. The topological polar surface area (TPSA) is 21.3 Å². The molecular weight excluding hydrogens is 296 g/mol. The second kappa shape index (κ2) is 6.41. The molecule has 2 nitrogen and oxygen atoms in total. The average molecular weight is 312 g/mol. The minimum Gasteiger partial charge on any atom is -0.497 e. The highest BCUT2D eigenvalue weighted by Gasteiger charge is 2.20. The number of rotatable bonds is 4. The summed E-state index contributed by atoms with van der Waals surface area (Å²) in [5.41, 5.74) is 1.43. The molecule has 0 aliphatic rings. The van der Waals surface area contributed by atoms with E-state index in [0.717, 1.165) is 6.07 Å². The van der Waals surface area contributed by atoms with Crippen LogP contribution in [-0.4, -0.2) is 14.2 Å². The first-order valence-electron chi connectivity index (χ1n) is 6.44. The Morgan fingerprint density at radius 1 is 1.10 bits per heavy atom. The van der Waals surface area contributed by atoms with Gasteiger partial charge in [-0.25, -0.2) is 8.78 Å². The first-order valence-corrected chi connectivity index (χ1v) is 6.82. The van der Waals surface area contributed by atoms with Gasteiger partial charge >= 0.3 is 0 Å². The lowest BCUT2D eigenvalue weighted by Crippen LogP contribution is -2.20. The second-order valence-corrected chi connectivity index (χ2v) is 5.14. The molecule has 0 heterocycles. The Balaban J connectivity index is 2.52. The molecule has 5 heteroatoms. The SMILES string of the molecule is CNC(c1cc(C)c(F)cc1F)c1ccc(OC)cc1Cl. The summed E-state index contributed by atoms with van der Waals surface area (Å²) in [5, 5.41) is 3.47. The molecule has 1 N–H and O–H groups in total. The van der Waals surface area contributed by atoms with Crippen molar-refractivity contribution in [2.75, 3.05) is 14.2 Å². The van der Waals surface area contributed by atoms with Crippen LogP contribution in [0, 0.1) is 18.6 Å². The van der Waals surface area contributed by atoms with Gasteiger partial charge < -0.3 is 10.1 Å². The summed E-state index contributed by atoms with van der Waals surface area (Å²) in [6, 6.07) is 7.09. The number of ether oxygens (including phenoxy) is 1. The van der Waals surface area contributed by atoms with Crippen molar-refractivity contribution in [1.82, 2.24) is 5.32 Å². The summed E-state index contributed by atoms with van der Waals surface area (Å²) in [5.74, 6) is -0.550. The molecule has 0 aliphatic carbocycles. The highest BCUT2D eigenvalue weighted by molar-refractivity contribution is 6.31. The van der Waals surface area contributed by atoms with Gasteiger partial charge in [0.15, 0.2) is 0 Å². The van der Waals surface area contributed by atoms with Gasteiger partial charge in [-0.2, -0.15) is 0 Å². The Labute approximate surface area is 127 Å². The molecule has 1 atom stereocenters. The van der Waals surface area contributed by atoms with Gasteiger partial charge in [-0.1, -0.05) is 17.7 Å². The third-order valence-electron chi connectivity index (χ3n) is 3.40. The molecule has 2 aromatic carbocycles. The van der Waals surface area contributed by atoms with Gasteiger partial charge in [0.25, 0.3) is 0 Å². The fourth-order valence-electron chi connectivity index (χ4n) is 2.25. The van der Waals surface area contributed by atoms with Crippen LogP contribution in [0.3, 0.4) is 0 Å². The van der Waals surface area contributed by atoms with E-state index in [1.807, 2.05) is 0 Å². The van der Waals surface area contributed by atoms with E-state index in [2.05, 4.69) is 5.32 Å². The standard InChI is InChI=1S/C16H16ClF2NO/c1-9-6-12(15(19)8-14(9)18)16(20-2)11-5-4-10(21-3)7-13(11)17/h4-8,16,20H,1-3H3. The summed E-state index contributed by atoms with van der Waals surface area (Å²) in [6.07, 6.45) is 0. The van der Waals surface area contributed by atoms with Crippen molar-refractivity contribution in [1.29, 1.82) is 0 Å². The molecular formula is C16H16ClF2NO. The first-order chi connectivity index (χ1) is 9.97. The molecule has 0 saturated carbocycles. The van der Waals surface area contributed by atoms with Crippen LogP contribution in [0.25, 0.3) is 0 Å². The van der Waals surface area contributed by atoms with E-state index in [-0.39, 0.29) is 0 Å². The highest BCUT2D eigenvalue weighted by Crippen LogP contribution is 2.32. The van der Waals surface area contributed by atoms with Crippen LogP contribution < -0.4 is 10.1 Å². The van der Waals surface area contributed by atoms with Crippen LogP contribution >= 0.6 is 11.6 Å². The molecule has 112 valence electrons. The van der Waals surface area contributed by atoms with Crippen LogP contribution in [-0.2, 0) is 0 Å². The fraction of sp³-hybridized carbons (Fsp3) is 0.250. The van der Waals surface area contributed by atoms with Gasteiger partial charge in [0.2, 0.25) is 0 Å². The summed E-state index contributed by atoms with van der Waals surface area (Å²) in [7, 11) is 3.24. The zero-order valence-electron chi connectivity index (χ0n) is 12.0. The van der Waals surface area contributed by atoms with Gasteiger partial charge in [-0.05, 0) is 43.3 Å². The molecule has 0 fully saturated rings. The molecule has 0 saturated heterocycles. The number of hydrogen-bond donors (Lipinski definition) is 1. The predicted octanol–water partition coefficient (Wildman–Crippen LogP) is 4.24. The van der Waals surface area contributed by atoms with Gasteiger partial charge in [-0.15, -0.1) is 0 Å². The normalized spacial score (nSPS) is 12.3. The van der Waals surface area contributed by atoms with E-state index in [1.54, 1.807) is 39.3 Å². The molecule has 0 aliphatic heterocycles. The van der Waals surface area contributed by atoms with Crippen LogP contribution in [0.5, 0.6) is 5.75 Å². The van der Waals surface area contributed by atoms with Crippen LogP contribution in [0.1, 0.15) is 22.7 Å². The van der Waals surface area contributed by atoms with Crippen molar-refractivity contribution in [3.63, 3.8) is 0 Å². The van der Waals surface area contributed by atoms with Gasteiger partial charge in [0.1, 0.15) is 17.4 Å². The zero-order chi connectivity index (χ0) is 15.6. The van der Waals surface area contributed by atoms with Crippen molar-refractivity contribution in [2.45, 2.75) is 13.0 Å². The molecule has 2 rings (SSSR count). The van der Waals surface area contributed by atoms with E-state index < -0.39 is 17.7 Å². The third kappa shape index (κ3) is 3.17. The molecule has 0 spiro atoms. The van der Waals surface area contributed by atoms with Gasteiger partial charge in [0, 0.05) is 16.7 Å². The Morgan fingerprint density at radius 3 is 2.38 bits per heavy atom. The van der Waals surface area contributed by atoms with Crippen LogP contribution in [0.2, 0.25) is 5.02 Å². The maximum Gasteiger partial charge on any atom is 0.131 e. The lowest BCUT2D eigenvalue weighted by molar-refractivity contribution is 0.414. The summed E-state index contributed by atoms with van der Waals surface area (Å²) in [6.45, 7) is 1.60. The monoisotopic (exact) mass is 311 g/mol. The van der Waals surface area contributed by atoms with Crippen LogP contribution in [0.15, 0.2) is 30.3 Å². The van der Waals surface area contributed by atoms with E-state index in [4.69, 9.17) is 16.3 Å². The number of aryl methyl sites for hydroxylation is 1. The van der Waals surface area contributed by atoms with E-state index >= 15 is 0 Å². The molecule has 1 unspecified atom stereocenters. The third-order valence-corrected chi connectivity index (χ3v) is 3.72. The molecule has 2 aromatic rings. The van der Waals surface area contributed by atoms with E-state index in [1.165, 1.54) is 6.07 Å². The Kier molecular flexibility index (Phi) is 4.80. The van der Waals surface area contributed by atoms with Crippen molar-refractivity contribution in [3.05, 3.63) is 63.7 Å². The quantitative estimate of drug-likeness (QED) is 0.911. The number of halogens is 3. The highest BCUT2D eigenvalue weighted by atomic mass is 35.5. The number of methoxy groups -OCH3 is 1. The lowest BCUT2D eigenvalue weighted by atomic mass is 9.96. The lowest BCUT2D eigenvalue weighted by Gasteiger charge is -2.20. The van der Waals surface area contributed by atoms with E-state index in [0.29, 0.717) is 27.5 Å². The Morgan fingerprint density at radius 2 is 1.81 bits per heavy atom. The maximum absolute atomic E-state index is 14.1. The van der Waals surface area contributed by atoms with Crippen molar-refractivity contribution in [2.24, 2.45) is 0 Å². The van der Waals surface area contributed by atoms with E-state index in [9.17, 15) is 8.78 Å². The largest absolute Gasteiger partial charge is 0.497 e. The van der Waals surface area contributed by atoms with Crippen molar-refractivity contribution in [3.8, 4) is 5.75 Å². The number of hydrogen-bond acceptors (Lipinski definition) is 2. The van der Waals surface area contributed by atoms with Gasteiger partial charge in [-0.3, -0.25) is 0 Å². The minimum absolute atomic E-state index is 0.350. The molecule has 0 amide bonds. The first kappa shape index (κ1) is 15.7. The molecule has 21 heavy (non-hydrogen) atoms. The molecule has 0 radical (unpaired) electrons. The van der Waals surface area contributed by atoms with Crippen molar-refractivity contribution >= 4 is 11.6 Å². The zero-order valence-corrected chi connectivity index (χ0v) is 12.8. The Hall–Kier alpha value is -1.65. The minimum atomic E-state index is -0.607. The van der Waals surface area contributed by atoms with Crippen LogP contribution in [0.4, 0.5) is 8.78 Å². The number of benzene rings is 2. The van der Waals surface area contributed by atoms with Crippen molar-refractivity contribution < 1.29 is 13.5 Å². The summed E-state index contributed by atoms with van der Waals surface area (Å²) in [4.78, 5) is 0. The second-order valence-electron chi connectivity index (χ2n) is 4.73. The summed E-state index contributed by atoms with van der Waals surface area (Å²) < 4.78 is 32.6. The van der Waals surface area contributed by atoms with Gasteiger partial charge in [0.05, 0.1) is 13.2 Å². The maximum atomic E-state index is 14.1. The Bertz CT molecular complexity index is 661. The predicted molar refractivity (Wildman–Crippen MR) is 80.0 cm³/mol. The number of nitrogens with one attached hydrogen (secondary N) is 1. The molecule has 0 bridgehead atoms. The average Bonchev–Trinajstić information content (AvgIpc) is 2.46.